The van der Waals surface area contributed by atoms with Gasteiger partial charge in [-0.1, -0.05) is 90.9 Å². The molecule has 0 amide bonds. The second-order valence-corrected chi connectivity index (χ2v) is 10.3. The van der Waals surface area contributed by atoms with Crippen LogP contribution in [0.25, 0.3) is 0 Å². The molecule has 0 aromatic heterocycles. The minimum Gasteiger partial charge on any atom is -0.481 e. The van der Waals surface area contributed by atoms with Gasteiger partial charge in [0.2, 0.25) is 0 Å². The molecular weight excluding hydrogens is 440 g/mol. The van der Waals surface area contributed by atoms with Crippen LogP contribution in [0, 0.1) is 0 Å². The Kier molecular flexibility index (Phi) is 24.7. The number of rotatable bonds is 27. The highest BCUT2D eigenvalue weighted by Gasteiger charge is 2.14. The van der Waals surface area contributed by atoms with E-state index in [1.165, 1.54) is 64.2 Å². The number of carbonyl (C=O) groups is 3. The van der Waals surface area contributed by atoms with E-state index in [2.05, 4.69) is 13.8 Å². The number of carboxylic acids is 1. The second-order valence-electron chi connectivity index (χ2n) is 10.3. The summed E-state index contributed by atoms with van der Waals surface area (Å²) in [6, 6.07) is 0. The summed E-state index contributed by atoms with van der Waals surface area (Å²) in [5.74, 6) is -0.594. The largest absolute Gasteiger partial charge is 0.481 e. The van der Waals surface area contributed by atoms with Gasteiger partial charge >= 0.3 is 11.9 Å². The summed E-state index contributed by atoms with van der Waals surface area (Å²) >= 11 is 0. The number of carbonyl (C=O) groups excluding carboxylic acids is 2. The van der Waals surface area contributed by atoms with Crippen LogP contribution in [0.4, 0.5) is 0 Å². The third kappa shape index (κ3) is 25.5. The van der Waals surface area contributed by atoms with Gasteiger partial charge < -0.3 is 9.84 Å². The van der Waals surface area contributed by atoms with Gasteiger partial charge in [-0.2, -0.15) is 0 Å². The van der Waals surface area contributed by atoms with Gasteiger partial charge in [-0.15, -0.1) is 0 Å². The summed E-state index contributed by atoms with van der Waals surface area (Å²) in [5.41, 5.74) is 0. The van der Waals surface area contributed by atoms with Gasteiger partial charge in [0, 0.05) is 25.7 Å². The molecule has 5 nitrogen and oxygen atoms in total. The van der Waals surface area contributed by atoms with E-state index in [0.29, 0.717) is 25.7 Å². The SMILES string of the molecule is CCCCCCCCC(CCCCCCCC)OC(=O)CCCCCC(=O)CCCCCC(=O)O. The fourth-order valence-electron chi connectivity index (χ4n) is 4.48. The third-order valence-corrected chi connectivity index (χ3v) is 6.74. The minimum absolute atomic E-state index is 0.0718. The molecule has 0 aromatic rings. The van der Waals surface area contributed by atoms with E-state index >= 15 is 0 Å². The van der Waals surface area contributed by atoms with Crippen LogP contribution >= 0.6 is 0 Å². The van der Waals surface area contributed by atoms with Crippen LogP contribution < -0.4 is 0 Å². The maximum absolute atomic E-state index is 12.4. The topological polar surface area (TPSA) is 80.7 Å². The molecule has 1 N–H and O–H groups in total. The first-order chi connectivity index (χ1) is 17.0. The van der Waals surface area contributed by atoms with Crippen LogP contribution in [0.1, 0.15) is 168 Å². The lowest BCUT2D eigenvalue weighted by Gasteiger charge is -2.18. The summed E-state index contributed by atoms with van der Waals surface area (Å²) < 4.78 is 5.88. The Bertz CT molecular complexity index is 501. The van der Waals surface area contributed by atoms with E-state index in [1.54, 1.807) is 0 Å². The highest BCUT2D eigenvalue weighted by molar-refractivity contribution is 5.78. The van der Waals surface area contributed by atoms with Gasteiger partial charge in [-0.3, -0.25) is 14.4 Å². The average Bonchev–Trinajstić information content (AvgIpc) is 2.82. The monoisotopic (exact) mass is 496 g/mol. The zero-order chi connectivity index (χ0) is 26.0. The molecule has 35 heavy (non-hydrogen) atoms. The Labute approximate surface area is 216 Å². The smallest absolute Gasteiger partial charge is 0.306 e. The first-order valence-corrected chi connectivity index (χ1v) is 14.9. The number of hydrogen-bond acceptors (Lipinski definition) is 4. The average molecular weight is 497 g/mol. The van der Waals surface area contributed by atoms with Crippen molar-refractivity contribution in [3.05, 3.63) is 0 Å². The van der Waals surface area contributed by atoms with E-state index in [9.17, 15) is 14.4 Å². The van der Waals surface area contributed by atoms with E-state index in [-0.39, 0.29) is 24.3 Å². The zero-order valence-corrected chi connectivity index (χ0v) is 23.1. The van der Waals surface area contributed by atoms with Crippen LogP contribution in [0.2, 0.25) is 0 Å². The van der Waals surface area contributed by atoms with Gasteiger partial charge in [0.15, 0.2) is 0 Å². The standard InChI is InChI=1S/C30H56O5/c1-3-5-7-9-11-17-23-28(24-18-12-10-8-6-4-2)35-30(34)26-20-14-16-22-27(31)21-15-13-19-25-29(32)33/h28H,3-26H2,1-2H3,(H,32,33). The maximum Gasteiger partial charge on any atom is 0.306 e. The Balaban J connectivity index is 4.01. The lowest BCUT2D eigenvalue weighted by Crippen LogP contribution is -2.18. The predicted molar refractivity (Wildman–Crippen MR) is 145 cm³/mol. The van der Waals surface area contributed by atoms with E-state index in [0.717, 1.165) is 57.8 Å². The van der Waals surface area contributed by atoms with Crippen molar-refractivity contribution in [1.29, 1.82) is 0 Å². The fourth-order valence-corrected chi connectivity index (χ4v) is 4.48. The molecule has 0 aliphatic carbocycles. The molecule has 0 heterocycles. The highest BCUT2D eigenvalue weighted by atomic mass is 16.5. The summed E-state index contributed by atoms with van der Waals surface area (Å²) in [4.78, 5) is 34.8. The van der Waals surface area contributed by atoms with Crippen molar-refractivity contribution in [2.75, 3.05) is 0 Å². The number of hydrogen-bond donors (Lipinski definition) is 1. The molecule has 0 aliphatic rings. The van der Waals surface area contributed by atoms with Gasteiger partial charge in [0.05, 0.1) is 0 Å². The number of ether oxygens (including phenoxy) is 1. The third-order valence-electron chi connectivity index (χ3n) is 6.74. The molecule has 0 aliphatic heterocycles. The number of aliphatic carboxylic acids is 1. The number of unbranched alkanes of at least 4 members (excludes halogenated alkanes) is 14. The molecule has 0 saturated heterocycles. The summed E-state index contributed by atoms with van der Waals surface area (Å²) in [7, 11) is 0. The molecule has 0 spiro atoms. The molecule has 0 atom stereocenters. The lowest BCUT2D eigenvalue weighted by molar-refractivity contribution is -0.150. The molecule has 206 valence electrons. The Morgan fingerprint density at radius 1 is 0.543 bits per heavy atom. The number of carboxylic acid groups (broad SMARTS) is 1. The zero-order valence-electron chi connectivity index (χ0n) is 23.1. The van der Waals surface area contributed by atoms with Crippen molar-refractivity contribution in [2.24, 2.45) is 0 Å². The molecular formula is C30H56O5. The lowest BCUT2D eigenvalue weighted by atomic mass is 10.0. The molecule has 0 rings (SSSR count). The molecule has 0 radical (unpaired) electrons. The van der Waals surface area contributed by atoms with Crippen LogP contribution in [-0.2, 0) is 19.1 Å². The molecule has 0 saturated carbocycles. The van der Waals surface area contributed by atoms with Gasteiger partial charge in [-0.05, 0) is 51.4 Å². The van der Waals surface area contributed by atoms with E-state index in [1.807, 2.05) is 0 Å². The summed E-state index contributed by atoms with van der Waals surface area (Å²) in [6.07, 6.45) is 23.6. The van der Waals surface area contributed by atoms with Gasteiger partial charge in [-0.25, -0.2) is 0 Å². The molecule has 0 aromatic carbocycles. The quantitative estimate of drug-likeness (QED) is 0.0906. The van der Waals surface area contributed by atoms with Gasteiger partial charge in [0.1, 0.15) is 11.9 Å². The van der Waals surface area contributed by atoms with Crippen LogP contribution in [0.3, 0.4) is 0 Å². The van der Waals surface area contributed by atoms with Crippen molar-refractivity contribution >= 4 is 17.7 Å². The maximum atomic E-state index is 12.4. The van der Waals surface area contributed by atoms with Crippen LogP contribution in [0.5, 0.6) is 0 Å². The Hall–Kier alpha value is -1.39. The first-order valence-electron chi connectivity index (χ1n) is 14.9. The van der Waals surface area contributed by atoms with Crippen LogP contribution in [-0.4, -0.2) is 28.9 Å². The number of esters is 1. The molecule has 5 heteroatoms. The van der Waals surface area contributed by atoms with Crippen molar-refractivity contribution < 1.29 is 24.2 Å². The van der Waals surface area contributed by atoms with Crippen molar-refractivity contribution in [1.82, 2.24) is 0 Å². The number of ketones is 1. The molecule has 0 fully saturated rings. The second kappa shape index (κ2) is 25.7. The van der Waals surface area contributed by atoms with E-state index < -0.39 is 5.97 Å². The van der Waals surface area contributed by atoms with Crippen LogP contribution in [0.15, 0.2) is 0 Å². The predicted octanol–water partition coefficient (Wildman–Crippen LogP) is 8.95. The first kappa shape index (κ1) is 33.6. The van der Waals surface area contributed by atoms with E-state index in [4.69, 9.17) is 9.84 Å². The van der Waals surface area contributed by atoms with Crippen molar-refractivity contribution in [3.63, 3.8) is 0 Å². The fraction of sp³-hybridized carbons (Fsp3) is 0.900. The molecule has 0 bridgehead atoms. The highest BCUT2D eigenvalue weighted by Crippen LogP contribution is 2.18. The Morgan fingerprint density at radius 2 is 0.943 bits per heavy atom. The summed E-state index contributed by atoms with van der Waals surface area (Å²) in [6.45, 7) is 4.47. The van der Waals surface area contributed by atoms with Crippen molar-refractivity contribution in [3.8, 4) is 0 Å². The molecule has 0 unspecified atom stereocenters. The minimum atomic E-state index is -0.772. The Morgan fingerprint density at radius 3 is 1.43 bits per heavy atom. The summed E-state index contributed by atoms with van der Waals surface area (Å²) in [5, 5.41) is 8.62. The van der Waals surface area contributed by atoms with Crippen molar-refractivity contribution in [2.45, 2.75) is 174 Å². The van der Waals surface area contributed by atoms with Gasteiger partial charge in [0.25, 0.3) is 0 Å². The normalized spacial score (nSPS) is 11.2. The number of Topliss-reactive ketones (excluding diaryl/α,β-unsaturated/α-hetero) is 1.